The SMILES string of the molecule is Cc1cccc(-c2[nH]c(C(C)C)nc2-c2cccc(-c3ccc(F)cc3F)c2)n1. The Bertz CT molecular complexity index is 1180. The van der Waals surface area contributed by atoms with Gasteiger partial charge in [0, 0.05) is 28.8 Å². The van der Waals surface area contributed by atoms with Crippen molar-refractivity contribution in [2.24, 2.45) is 0 Å². The molecular formula is C24H21F2N3. The summed E-state index contributed by atoms with van der Waals surface area (Å²) in [4.78, 5) is 12.8. The Kier molecular flexibility index (Phi) is 4.97. The molecule has 146 valence electrons. The van der Waals surface area contributed by atoms with Gasteiger partial charge in [-0.25, -0.2) is 13.8 Å². The molecule has 2 heterocycles. The molecule has 2 aromatic carbocycles. The minimum Gasteiger partial charge on any atom is -0.340 e. The van der Waals surface area contributed by atoms with Gasteiger partial charge in [0.25, 0.3) is 0 Å². The summed E-state index contributed by atoms with van der Waals surface area (Å²) in [6, 6.07) is 16.9. The maximum Gasteiger partial charge on any atom is 0.133 e. The van der Waals surface area contributed by atoms with Gasteiger partial charge in [-0.1, -0.05) is 38.1 Å². The van der Waals surface area contributed by atoms with Crippen LogP contribution in [0.1, 0.15) is 31.3 Å². The lowest BCUT2D eigenvalue weighted by molar-refractivity contribution is 0.585. The summed E-state index contributed by atoms with van der Waals surface area (Å²) in [6.45, 7) is 6.08. The average Bonchev–Trinajstić information content (AvgIpc) is 3.14. The second-order valence-electron chi connectivity index (χ2n) is 7.37. The quantitative estimate of drug-likeness (QED) is 0.432. The summed E-state index contributed by atoms with van der Waals surface area (Å²) >= 11 is 0. The molecule has 0 amide bonds. The molecule has 0 fully saturated rings. The van der Waals surface area contributed by atoms with Crippen molar-refractivity contribution in [2.45, 2.75) is 26.7 Å². The Morgan fingerprint density at radius 2 is 1.62 bits per heavy atom. The van der Waals surface area contributed by atoms with E-state index in [0.717, 1.165) is 40.2 Å². The molecule has 29 heavy (non-hydrogen) atoms. The third kappa shape index (κ3) is 3.81. The van der Waals surface area contributed by atoms with Gasteiger partial charge in [-0.15, -0.1) is 0 Å². The number of rotatable bonds is 4. The third-order valence-corrected chi connectivity index (χ3v) is 4.79. The van der Waals surface area contributed by atoms with Crippen LogP contribution >= 0.6 is 0 Å². The summed E-state index contributed by atoms with van der Waals surface area (Å²) in [5.74, 6) is -0.113. The number of hydrogen-bond acceptors (Lipinski definition) is 2. The molecule has 0 radical (unpaired) electrons. The molecule has 0 spiro atoms. The van der Waals surface area contributed by atoms with Crippen molar-refractivity contribution >= 4 is 0 Å². The predicted molar refractivity (Wildman–Crippen MR) is 111 cm³/mol. The van der Waals surface area contributed by atoms with Gasteiger partial charge in [-0.05, 0) is 42.8 Å². The fraction of sp³-hybridized carbons (Fsp3) is 0.167. The van der Waals surface area contributed by atoms with Gasteiger partial charge < -0.3 is 4.98 Å². The number of pyridine rings is 1. The van der Waals surface area contributed by atoms with E-state index in [4.69, 9.17) is 4.98 Å². The van der Waals surface area contributed by atoms with Crippen molar-refractivity contribution in [2.75, 3.05) is 0 Å². The van der Waals surface area contributed by atoms with Crippen LogP contribution in [0.15, 0.2) is 60.7 Å². The molecule has 0 aliphatic carbocycles. The number of imidazole rings is 1. The first-order valence-electron chi connectivity index (χ1n) is 9.52. The van der Waals surface area contributed by atoms with Gasteiger partial charge in [0.2, 0.25) is 0 Å². The molecule has 3 nitrogen and oxygen atoms in total. The summed E-state index contributed by atoms with van der Waals surface area (Å²) in [5, 5.41) is 0. The highest BCUT2D eigenvalue weighted by Gasteiger charge is 2.18. The highest BCUT2D eigenvalue weighted by Crippen LogP contribution is 2.34. The van der Waals surface area contributed by atoms with Crippen molar-refractivity contribution < 1.29 is 8.78 Å². The molecule has 0 unspecified atom stereocenters. The molecular weight excluding hydrogens is 368 g/mol. The second kappa shape index (κ2) is 7.59. The zero-order chi connectivity index (χ0) is 20.5. The van der Waals surface area contributed by atoms with Crippen LogP contribution < -0.4 is 0 Å². The maximum atomic E-state index is 14.3. The number of aromatic nitrogens is 3. The van der Waals surface area contributed by atoms with E-state index in [0.29, 0.717) is 11.1 Å². The molecule has 2 aromatic heterocycles. The van der Waals surface area contributed by atoms with Crippen molar-refractivity contribution in [3.05, 3.63) is 83.8 Å². The molecule has 4 aromatic rings. The highest BCUT2D eigenvalue weighted by atomic mass is 19.1. The summed E-state index contributed by atoms with van der Waals surface area (Å²) < 4.78 is 27.6. The number of H-pyrrole nitrogens is 1. The standard InChI is InChI=1S/C24H21F2N3/c1-14(2)24-28-22(23(29-24)21-9-4-6-15(3)27-21)17-8-5-7-16(12-17)19-11-10-18(25)13-20(19)26/h4-14H,1-3H3,(H,28,29). The molecule has 5 heteroatoms. The van der Waals surface area contributed by atoms with Crippen molar-refractivity contribution in [1.29, 1.82) is 0 Å². The number of aryl methyl sites for hydroxylation is 1. The monoisotopic (exact) mass is 389 g/mol. The van der Waals surface area contributed by atoms with Gasteiger partial charge >= 0.3 is 0 Å². The lowest BCUT2D eigenvalue weighted by Crippen LogP contribution is -1.91. The van der Waals surface area contributed by atoms with Crippen LogP contribution in [0.4, 0.5) is 8.78 Å². The van der Waals surface area contributed by atoms with Gasteiger partial charge in [0.15, 0.2) is 0 Å². The molecule has 0 saturated carbocycles. The normalized spacial score (nSPS) is 11.2. The second-order valence-corrected chi connectivity index (χ2v) is 7.37. The van der Waals surface area contributed by atoms with Crippen LogP contribution in [0.3, 0.4) is 0 Å². The van der Waals surface area contributed by atoms with Crippen molar-refractivity contribution in [1.82, 2.24) is 15.0 Å². The summed E-state index contributed by atoms with van der Waals surface area (Å²) in [5.41, 5.74) is 5.16. The van der Waals surface area contributed by atoms with Crippen molar-refractivity contribution in [3.8, 4) is 33.8 Å². The van der Waals surface area contributed by atoms with Gasteiger partial charge in [0.05, 0.1) is 17.1 Å². The number of hydrogen-bond donors (Lipinski definition) is 1. The van der Waals surface area contributed by atoms with Crippen LogP contribution in [0.2, 0.25) is 0 Å². The van der Waals surface area contributed by atoms with E-state index in [2.05, 4.69) is 23.8 Å². The fourth-order valence-corrected chi connectivity index (χ4v) is 3.30. The van der Waals surface area contributed by atoms with Crippen LogP contribution in [-0.4, -0.2) is 15.0 Å². The first kappa shape index (κ1) is 19.0. The first-order chi connectivity index (χ1) is 13.9. The molecule has 0 aliphatic rings. The Hall–Kier alpha value is -3.34. The Morgan fingerprint density at radius 1 is 0.862 bits per heavy atom. The zero-order valence-electron chi connectivity index (χ0n) is 16.5. The Morgan fingerprint density at radius 3 is 2.34 bits per heavy atom. The lowest BCUT2D eigenvalue weighted by Gasteiger charge is -2.07. The van der Waals surface area contributed by atoms with Crippen LogP contribution in [-0.2, 0) is 0 Å². The Balaban J connectivity index is 1.87. The number of halogens is 2. The number of nitrogens with one attached hydrogen (secondary N) is 1. The number of benzene rings is 2. The average molecular weight is 389 g/mol. The predicted octanol–water partition coefficient (Wildman–Crippen LogP) is 6.52. The van der Waals surface area contributed by atoms with Gasteiger partial charge in [-0.2, -0.15) is 0 Å². The lowest BCUT2D eigenvalue weighted by atomic mass is 10.00. The highest BCUT2D eigenvalue weighted by molar-refractivity contribution is 5.80. The third-order valence-electron chi connectivity index (χ3n) is 4.79. The number of aromatic amines is 1. The summed E-state index contributed by atoms with van der Waals surface area (Å²) in [6.07, 6.45) is 0. The topological polar surface area (TPSA) is 41.6 Å². The fourth-order valence-electron chi connectivity index (χ4n) is 3.30. The van der Waals surface area contributed by atoms with E-state index < -0.39 is 11.6 Å². The van der Waals surface area contributed by atoms with Crippen LogP contribution in [0.25, 0.3) is 33.8 Å². The molecule has 1 N–H and O–H groups in total. The first-order valence-corrected chi connectivity index (χ1v) is 9.52. The molecule has 0 saturated heterocycles. The van der Waals surface area contributed by atoms with E-state index in [1.54, 1.807) is 6.07 Å². The number of nitrogens with zero attached hydrogens (tertiary/aromatic N) is 2. The van der Waals surface area contributed by atoms with Gasteiger partial charge in [0.1, 0.15) is 17.5 Å². The molecule has 0 bridgehead atoms. The smallest absolute Gasteiger partial charge is 0.133 e. The minimum absolute atomic E-state index is 0.213. The maximum absolute atomic E-state index is 14.3. The van der Waals surface area contributed by atoms with E-state index >= 15 is 0 Å². The van der Waals surface area contributed by atoms with Crippen molar-refractivity contribution in [3.63, 3.8) is 0 Å². The zero-order valence-corrected chi connectivity index (χ0v) is 16.5. The largest absolute Gasteiger partial charge is 0.340 e. The van der Waals surface area contributed by atoms with E-state index in [1.807, 2.05) is 43.3 Å². The van der Waals surface area contributed by atoms with Crippen LogP contribution in [0.5, 0.6) is 0 Å². The Labute approximate surface area is 168 Å². The molecule has 0 aliphatic heterocycles. The van der Waals surface area contributed by atoms with E-state index in [9.17, 15) is 8.78 Å². The van der Waals surface area contributed by atoms with Gasteiger partial charge in [-0.3, -0.25) is 4.98 Å². The van der Waals surface area contributed by atoms with Crippen LogP contribution in [0, 0.1) is 18.6 Å². The molecule has 0 atom stereocenters. The molecule has 4 rings (SSSR count). The van der Waals surface area contributed by atoms with E-state index in [1.165, 1.54) is 12.1 Å². The minimum atomic E-state index is -0.593. The summed E-state index contributed by atoms with van der Waals surface area (Å²) in [7, 11) is 0. The van der Waals surface area contributed by atoms with E-state index in [-0.39, 0.29) is 5.92 Å².